The van der Waals surface area contributed by atoms with Crippen LogP contribution in [0, 0.1) is 0 Å². The van der Waals surface area contributed by atoms with E-state index in [1.807, 2.05) is 0 Å². The maximum atomic E-state index is 9.69. The molecular weight excluding hydrogens is 135 g/mol. The summed E-state index contributed by atoms with van der Waals surface area (Å²) in [6.45, 7) is 2.68. The molecular formula is C2H5O5P. The van der Waals surface area contributed by atoms with Gasteiger partial charge < -0.3 is 9.63 Å². The Bertz CT molecular complexity index is 133. The summed E-state index contributed by atoms with van der Waals surface area (Å²) in [5.74, 6) is -0.988. The minimum atomic E-state index is -4.57. The van der Waals surface area contributed by atoms with E-state index < -0.39 is 13.8 Å². The molecule has 0 aromatic carbocycles. The fourth-order valence-electron chi connectivity index (χ4n) is 0.137. The molecule has 0 aliphatic rings. The molecule has 5 nitrogen and oxygen atoms in total. The van der Waals surface area contributed by atoms with Gasteiger partial charge in [-0.1, -0.05) is 0 Å². The van der Waals surface area contributed by atoms with Crippen molar-refractivity contribution in [3.63, 3.8) is 0 Å². The second kappa shape index (κ2) is 2.17. The summed E-state index contributed by atoms with van der Waals surface area (Å²) >= 11 is 0. The van der Waals surface area contributed by atoms with Crippen LogP contribution in [0.1, 0.15) is 0 Å². The molecule has 48 valence electrons. The fraction of sp³-hybridized carbons (Fsp3) is 0. The van der Waals surface area contributed by atoms with Crippen LogP contribution in [0.25, 0.3) is 0 Å². The molecule has 0 unspecified atom stereocenters. The number of hydrogen-bond acceptors (Lipinski definition) is 3. The third kappa shape index (κ3) is 5.49. The molecule has 0 radical (unpaired) electrons. The Labute approximate surface area is 45.5 Å². The first kappa shape index (κ1) is 7.49. The van der Waals surface area contributed by atoms with Crippen LogP contribution >= 0.6 is 7.82 Å². The summed E-state index contributed by atoms with van der Waals surface area (Å²) in [5.41, 5.74) is 0. The van der Waals surface area contributed by atoms with Crippen LogP contribution in [0.3, 0.4) is 0 Å². The third-order valence-corrected chi connectivity index (χ3v) is 0.673. The monoisotopic (exact) mass is 140 g/mol. The van der Waals surface area contributed by atoms with Gasteiger partial charge in [-0.25, -0.2) is 4.57 Å². The van der Waals surface area contributed by atoms with Gasteiger partial charge in [-0.15, -0.1) is 0 Å². The molecule has 0 bridgehead atoms. The molecule has 0 spiro atoms. The van der Waals surface area contributed by atoms with Crippen LogP contribution in [0.15, 0.2) is 12.5 Å². The highest BCUT2D eigenvalue weighted by Crippen LogP contribution is 2.37. The third-order valence-electron chi connectivity index (χ3n) is 0.224. The Morgan fingerprint density at radius 1 is 1.62 bits per heavy atom. The highest BCUT2D eigenvalue weighted by Gasteiger charge is 2.15. The first-order valence-corrected chi connectivity index (χ1v) is 3.08. The SMILES string of the molecule is C=C(O)OP(=O)(O)O. The highest BCUT2D eigenvalue weighted by atomic mass is 31.2. The maximum absolute atomic E-state index is 9.69. The number of aliphatic hydroxyl groups is 1. The van der Waals surface area contributed by atoms with Crippen molar-refractivity contribution in [2.24, 2.45) is 0 Å². The Morgan fingerprint density at radius 2 is 2.00 bits per heavy atom. The average Bonchev–Trinajstić information content (AvgIpc) is 1.21. The topological polar surface area (TPSA) is 87.0 Å². The van der Waals surface area contributed by atoms with Gasteiger partial charge in [0.1, 0.15) is 0 Å². The summed E-state index contributed by atoms with van der Waals surface area (Å²) in [4.78, 5) is 15.7. The lowest BCUT2D eigenvalue weighted by atomic mass is 11.1. The van der Waals surface area contributed by atoms with E-state index in [1.54, 1.807) is 0 Å². The van der Waals surface area contributed by atoms with E-state index in [-0.39, 0.29) is 0 Å². The predicted molar refractivity (Wildman–Crippen MR) is 24.9 cm³/mol. The van der Waals surface area contributed by atoms with E-state index in [0.29, 0.717) is 0 Å². The lowest BCUT2D eigenvalue weighted by molar-refractivity contribution is 0.155. The van der Waals surface area contributed by atoms with Gasteiger partial charge in [0.25, 0.3) is 5.95 Å². The molecule has 3 N–H and O–H groups in total. The van der Waals surface area contributed by atoms with Gasteiger partial charge in [0, 0.05) is 0 Å². The lowest BCUT2D eigenvalue weighted by Crippen LogP contribution is -1.85. The molecule has 0 rings (SSSR count). The molecule has 0 amide bonds. The van der Waals surface area contributed by atoms with Crippen molar-refractivity contribution >= 4 is 7.82 Å². The molecule has 0 aliphatic heterocycles. The quantitative estimate of drug-likeness (QED) is 0.374. The second-order valence-electron chi connectivity index (χ2n) is 0.976. The first-order chi connectivity index (χ1) is 3.42. The summed E-state index contributed by atoms with van der Waals surface area (Å²) in [5, 5.41) is 7.98. The molecule has 0 atom stereocenters. The van der Waals surface area contributed by atoms with Crippen molar-refractivity contribution in [1.82, 2.24) is 0 Å². The zero-order valence-corrected chi connectivity index (χ0v) is 4.71. The smallest absolute Gasteiger partial charge is 0.481 e. The van der Waals surface area contributed by atoms with Crippen molar-refractivity contribution in [3.8, 4) is 0 Å². The normalized spacial score (nSPS) is 10.8. The van der Waals surface area contributed by atoms with Gasteiger partial charge in [0.15, 0.2) is 0 Å². The van der Waals surface area contributed by atoms with Crippen LogP contribution in [0.5, 0.6) is 0 Å². The van der Waals surface area contributed by atoms with Crippen molar-refractivity contribution in [1.29, 1.82) is 0 Å². The van der Waals surface area contributed by atoms with Crippen LogP contribution in [0.4, 0.5) is 0 Å². The number of phosphoric acid groups is 1. The largest absolute Gasteiger partial charge is 0.527 e. The zero-order chi connectivity index (χ0) is 6.78. The van der Waals surface area contributed by atoms with Gasteiger partial charge in [0.05, 0.1) is 0 Å². The molecule has 0 heterocycles. The van der Waals surface area contributed by atoms with Crippen LogP contribution < -0.4 is 0 Å². The van der Waals surface area contributed by atoms with Gasteiger partial charge in [-0.2, -0.15) is 0 Å². The Kier molecular flexibility index (Phi) is 2.03. The maximum Gasteiger partial charge on any atom is 0.527 e. The Balaban J connectivity index is 3.74. The van der Waals surface area contributed by atoms with Crippen LogP contribution in [-0.4, -0.2) is 14.9 Å². The molecule has 0 saturated carbocycles. The van der Waals surface area contributed by atoms with Gasteiger partial charge in [0.2, 0.25) is 0 Å². The van der Waals surface area contributed by atoms with Crippen molar-refractivity contribution in [2.75, 3.05) is 0 Å². The van der Waals surface area contributed by atoms with Gasteiger partial charge >= 0.3 is 7.82 Å². The minimum Gasteiger partial charge on any atom is -0.481 e. The molecule has 0 aromatic heterocycles. The van der Waals surface area contributed by atoms with E-state index in [9.17, 15) is 4.57 Å². The van der Waals surface area contributed by atoms with E-state index in [2.05, 4.69) is 11.1 Å². The van der Waals surface area contributed by atoms with Crippen LogP contribution in [-0.2, 0) is 9.09 Å². The number of phosphoric ester groups is 1. The number of rotatable bonds is 2. The first-order valence-electron chi connectivity index (χ1n) is 1.55. The summed E-state index contributed by atoms with van der Waals surface area (Å²) in [6, 6.07) is 0. The minimum absolute atomic E-state index is 0.988. The van der Waals surface area contributed by atoms with Crippen molar-refractivity contribution < 1.29 is 24.0 Å². The standard InChI is InChI=1S/C2H5O5P/c1-2(3)7-8(4,5)6/h3H,1H2,(H2,4,5,6). The predicted octanol–water partition coefficient (Wildman–Crippen LogP) is 0.125. The molecule has 6 heteroatoms. The van der Waals surface area contributed by atoms with Crippen molar-refractivity contribution in [2.45, 2.75) is 0 Å². The van der Waals surface area contributed by atoms with Crippen molar-refractivity contribution in [3.05, 3.63) is 12.5 Å². The fourth-order valence-corrected chi connectivity index (χ4v) is 0.412. The van der Waals surface area contributed by atoms with Crippen LogP contribution in [0.2, 0.25) is 0 Å². The van der Waals surface area contributed by atoms with Gasteiger partial charge in [-0.05, 0) is 6.58 Å². The average molecular weight is 140 g/mol. The van der Waals surface area contributed by atoms with E-state index >= 15 is 0 Å². The zero-order valence-electron chi connectivity index (χ0n) is 3.81. The van der Waals surface area contributed by atoms with E-state index in [4.69, 9.17) is 14.9 Å². The van der Waals surface area contributed by atoms with E-state index in [0.717, 1.165) is 0 Å². The number of aliphatic hydroxyl groups excluding tert-OH is 1. The number of hydrogen-bond donors (Lipinski definition) is 3. The second-order valence-corrected chi connectivity index (χ2v) is 2.14. The van der Waals surface area contributed by atoms with E-state index in [1.165, 1.54) is 0 Å². The lowest BCUT2D eigenvalue weighted by Gasteiger charge is -2.01. The molecule has 0 aliphatic carbocycles. The Morgan fingerprint density at radius 3 is 2.00 bits per heavy atom. The molecule has 0 aromatic rings. The molecule has 8 heavy (non-hydrogen) atoms. The highest BCUT2D eigenvalue weighted by molar-refractivity contribution is 7.46. The van der Waals surface area contributed by atoms with Gasteiger partial charge in [-0.3, -0.25) is 9.79 Å². The summed E-state index contributed by atoms with van der Waals surface area (Å²) in [6.07, 6.45) is 0. The molecule has 0 saturated heterocycles. The summed E-state index contributed by atoms with van der Waals surface area (Å²) in [7, 11) is -4.57. The summed E-state index contributed by atoms with van der Waals surface area (Å²) < 4.78 is 13.2. The molecule has 0 fully saturated rings. The Hall–Kier alpha value is -0.510.